The van der Waals surface area contributed by atoms with Crippen LogP contribution in [0.15, 0.2) is 175 Å². The summed E-state index contributed by atoms with van der Waals surface area (Å²) in [5.74, 6) is 0. The second kappa shape index (κ2) is 11.9. The molecule has 0 N–H and O–H groups in total. The lowest BCUT2D eigenvalue weighted by Crippen LogP contribution is -2.15. The topological polar surface area (TPSA) is 9.86 Å². The van der Waals surface area contributed by atoms with Crippen LogP contribution in [-0.2, 0) is 5.41 Å². The number of nitrogens with zero attached hydrogens (tertiary/aromatic N) is 2. The van der Waals surface area contributed by atoms with Crippen molar-refractivity contribution in [2.24, 2.45) is 0 Å². The molecule has 0 unspecified atom stereocenters. The smallest absolute Gasteiger partial charge is 0.0543 e. The molecule has 1 aliphatic rings. The Morgan fingerprint density at radius 2 is 1.00 bits per heavy atom. The van der Waals surface area contributed by atoms with Gasteiger partial charge in [0, 0.05) is 53.9 Å². The average molecular weight is 747 g/mol. The van der Waals surface area contributed by atoms with E-state index in [0.717, 1.165) is 0 Å². The third kappa shape index (κ3) is 4.64. The van der Waals surface area contributed by atoms with E-state index in [1.165, 1.54) is 115 Å². The number of benzene rings is 8. The highest BCUT2D eigenvalue weighted by Gasteiger charge is 2.35. The fourth-order valence-corrected chi connectivity index (χ4v) is 10.9. The van der Waals surface area contributed by atoms with Crippen LogP contribution in [-0.4, -0.2) is 9.13 Å². The van der Waals surface area contributed by atoms with Crippen molar-refractivity contribution < 1.29 is 0 Å². The molecule has 0 saturated heterocycles. The highest BCUT2D eigenvalue weighted by Crippen LogP contribution is 2.50. The Labute approximate surface area is 335 Å². The Morgan fingerprint density at radius 1 is 0.421 bits per heavy atom. The summed E-state index contributed by atoms with van der Waals surface area (Å²) in [6.45, 7) is 6.92. The summed E-state index contributed by atoms with van der Waals surface area (Å²) in [6.07, 6.45) is 0. The van der Waals surface area contributed by atoms with Gasteiger partial charge in [-0.25, -0.2) is 0 Å². The van der Waals surface area contributed by atoms with E-state index in [0.29, 0.717) is 0 Å². The second-order valence-corrected chi connectivity index (χ2v) is 17.1. The molecule has 0 bridgehead atoms. The Hall–Kier alpha value is -6.68. The SMILES string of the molecule is Cc1ccc(-c2csc3ccccc23)c(-n2c3ccccc3c3cc(-c4ccc5c(c4)c4ccccc4n5-c4ccc5c(c4)C(C)(C)c4ccccc4-5)ccc32)c1. The summed E-state index contributed by atoms with van der Waals surface area (Å²) < 4.78 is 6.25. The van der Waals surface area contributed by atoms with Gasteiger partial charge >= 0.3 is 0 Å². The lowest BCUT2D eigenvalue weighted by molar-refractivity contribution is 0.660. The molecule has 0 atom stereocenters. The summed E-state index contributed by atoms with van der Waals surface area (Å²) in [6, 6.07) is 63.5. The van der Waals surface area contributed by atoms with Gasteiger partial charge in [0.2, 0.25) is 0 Å². The zero-order chi connectivity index (χ0) is 38.0. The van der Waals surface area contributed by atoms with Crippen LogP contribution in [0.2, 0.25) is 0 Å². The lowest BCUT2D eigenvalue weighted by Gasteiger charge is -2.22. The second-order valence-electron chi connectivity index (χ2n) is 16.2. The highest BCUT2D eigenvalue weighted by molar-refractivity contribution is 7.17. The van der Waals surface area contributed by atoms with Crippen molar-refractivity contribution in [2.45, 2.75) is 26.2 Å². The summed E-state index contributed by atoms with van der Waals surface area (Å²) in [4.78, 5) is 0. The Kier molecular flexibility index (Phi) is 6.80. The molecule has 57 heavy (non-hydrogen) atoms. The number of hydrogen-bond acceptors (Lipinski definition) is 1. The van der Waals surface area contributed by atoms with Crippen LogP contribution in [0.1, 0.15) is 30.5 Å². The molecule has 0 aliphatic heterocycles. The number of aromatic nitrogens is 2. The van der Waals surface area contributed by atoms with E-state index >= 15 is 0 Å². The molecule has 0 spiro atoms. The number of rotatable bonds is 4. The molecular formula is C54H38N2S. The maximum atomic E-state index is 2.48. The summed E-state index contributed by atoms with van der Waals surface area (Å²) >= 11 is 1.82. The van der Waals surface area contributed by atoms with E-state index in [2.05, 4.69) is 205 Å². The molecule has 0 fully saturated rings. The molecule has 2 nitrogen and oxygen atoms in total. The summed E-state index contributed by atoms with van der Waals surface area (Å²) in [5, 5.41) is 8.68. The van der Waals surface area contributed by atoms with Crippen molar-refractivity contribution in [3.8, 4) is 44.8 Å². The third-order valence-corrected chi connectivity index (χ3v) is 13.6. The van der Waals surface area contributed by atoms with E-state index < -0.39 is 0 Å². The van der Waals surface area contributed by atoms with Crippen molar-refractivity contribution in [1.29, 1.82) is 0 Å². The molecule has 270 valence electrons. The molecular weight excluding hydrogens is 709 g/mol. The zero-order valence-electron chi connectivity index (χ0n) is 32.0. The van der Waals surface area contributed by atoms with Gasteiger partial charge in [0.1, 0.15) is 0 Å². The van der Waals surface area contributed by atoms with Gasteiger partial charge in [-0.3, -0.25) is 0 Å². The largest absolute Gasteiger partial charge is 0.309 e. The molecule has 0 saturated carbocycles. The number of aryl methyl sites for hydroxylation is 1. The Balaban J connectivity index is 1.02. The van der Waals surface area contributed by atoms with Crippen LogP contribution in [0.5, 0.6) is 0 Å². The van der Waals surface area contributed by atoms with E-state index in [9.17, 15) is 0 Å². The standard InChI is InChI=1S/C54H38N2S/c1-33-20-24-41(45-32-57-53-19-11-7-15-42(45)53)52(28-33)56-49-18-10-6-14-40(49)44-30-35(22-27-51(44)56)34-21-26-50-43(29-34)39-13-5-9-17-48(39)55(50)36-23-25-38-37-12-4-8-16-46(37)54(2,3)47(38)31-36/h4-32H,1-3H3. The van der Waals surface area contributed by atoms with Crippen LogP contribution in [0.3, 0.4) is 0 Å². The van der Waals surface area contributed by atoms with Gasteiger partial charge in [-0.2, -0.15) is 0 Å². The van der Waals surface area contributed by atoms with Crippen LogP contribution < -0.4 is 0 Å². The van der Waals surface area contributed by atoms with Crippen molar-refractivity contribution in [2.75, 3.05) is 0 Å². The number of fused-ring (bicyclic) bond motifs is 10. The number of para-hydroxylation sites is 2. The first kappa shape index (κ1) is 32.6. The predicted molar refractivity (Wildman–Crippen MR) is 244 cm³/mol. The maximum Gasteiger partial charge on any atom is 0.0543 e. The van der Waals surface area contributed by atoms with Gasteiger partial charge < -0.3 is 9.13 Å². The number of thiophene rings is 1. The average Bonchev–Trinajstić information content (AvgIpc) is 3.98. The molecule has 0 radical (unpaired) electrons. The molecule has 1 aliphatic carbocycles. The monoisotopic (exact) mass is 746 g/mol. The fraction of sp³-hybridized carbons (Fsp3) is 0.0741. The van der Waals surface area contributed by atoms with Crippen LogP contribution in [0, 0.1) is 6.92 Å². The fourth-order valence-electron chi connectivity index (χ4n) is 9.91. The first-order chi connectivity index (χ1) is 27.9. The predicted octanol–water partition coefficient (Wildman–Crippen LogP) is 15.0. The van der Waals surface area contributed by atoms with Gasteiger partial charge in [0.25, 0.3) is 0 Å². The highest BCUT2D eigenvalue weighted by atomic mass is 32.1. The molecule has 3 heterocycles. The normalized spacial score (nSPS) is 13.3. The van der Waals surface area contributed by atoms with Gasteiger partial charge in [-0.1, -0.05) is 123 Å². The van der Waals surface area contributed by atoms with E-state index in [4.69, 9.17) is 0 Å². The van der Waals surface area contributed by atoms with Crippen LogP contribution in [0.25, 0.3) is 98.5 Å². The van der Waals surface area contributed by atoms with Crippen molar-refractivity contribution in [3.05, 3.63) is 192 Å². The molecule has 8 aromatic carbocycles. The molecule has 11 aromatic rings. The minimum absolute atomic E-state index is 0.0607. The van der Waals surface area contributed by atoms with Gasteiger partial charge in [-0.15, -0.1) is 11.3 Å². The molecule has 3 heteroatoms. The van der Waals surface area contributed by atoms with Crippen LogP contribution >= 0.6 is 11.3 Å². The first-order valence-corrected chi connectivity index (χ1v) is 20.7. The van der Waals surface area contributed by atoms with Crippen molar-refractivity contribution in [1.82, 2.24) is 9.13 Å². The van der Waals surface area contributed by atoms with Gasteiger partial charge in [-0.05, 0) is 112 Å². The van der Waals surface area contributed by atoms with Crippen LogP contribution in [0.4, 0.5) is 0 Å². The first-order valence-electron chi connectivity index (χ1n) is 19.8. The van der Waals surface area contributed by atoms with Gasteiger partial charge in [0.05, 0.1) is 27.8 Å². The Morgan fingerprint density at radius 3 is 1.75 bits per heavy atom. The summed E-state index contributed by atoms with van der Waals surface area (Å²) in [7, 11) is 0. The lowest BCUT2D eigenvalue weighted by atomic mass is 9.82. The van der Waals surface area contributed by atoms with E-state index in [1.54, 1.807) is 0 Å². The minimum atomic E-state index is -0.0607. The molecule has 0 amide bonds. The molecule has 12 rings (SSSR count). The minimum Gasteiger partial charge on any atom is -0.309 e. The quantitative estimate of drug-likeness (QED) is 0.170. The molecule has 3 aromatic heterocycles. The third-order valence-electron chi connectivity index (χ3n) is 12.7. The zero-order valence-corrected chi connectivity index (χ0v) is 32.9. The Bertz CT molecular complexity index is 3460. The van der Waals surface area contributed by atoms with Gasteiger partial charge in [0.15, 0.2) is 0 Å². The van der Waals surface area contributed by atoms with E-state index in [1.807, 2.05) is 11.3 Å². The van der Waals surface area contributed by atoms with E-state index in [-0.39, 0.29) is 5.41 Å². The summed E-state index contributed by atoms with van der Waals surface area (Å²) in [5.41, 5.74) is 18.9. The maximum absolute atomic E-state index is 2.48. The van der Waals surface area contributed by atoms with Crippen molar-refractivity contribution in [3.63, 3.8) is 0 Å². The number of hydrogen-bond donors (Lipinski definition) is 0. The van der Waals surface area contributed by atoms with Crippen molar-refractivity contribution >= 4 is 65.0 Å².